The van der Waals surface area contributed by atoms with Crippen molar-refractivity contribution in [1.82, 2.24) is 5.32 Å². The summed E-state index contributed by atoms with van der Waals surface area (Å²) >= 11 is 0. The van der Waals surface area contributed by atoms with Gasteiger partial charge in [-0.25, -0.2) is 0 Å². The minimum atomic E-state index is -0.174. The highest BCUT2D eigenvalue weighted by Gasteiger charge is 2.24. The standard InChI is InChI=1S/C13H27NO2/c1-6-8-9-11(7-2)14-12(10(3)4)13(15)16-5/h10-12,14H,6-9H2,1-5H3. The van der Waals surface area contributed by atoms with Crippen molar-refractivity contribution in [3.63, 3.8) is 0 Å². The molecule has 3 nitrogen and oxygen atoms in total. The summed E-state index contributed by atoms with van der Waals surface area (Å²) in [6.45, 7) is 8.43. The number of methoxy groups -OCH3 is 1. The number of unbranched alkanes of at least 4 members (excludes halogenated alkanes) is 1. The van der Waals surface area contributed by atoms with E-state index in [0.717, 1.165) is 12.8 Å². The van der Waals surface area contributed by atoms with Gasteiger partial charge in [-0.05, 0) is 18.8 Å². The molecule has 0 saturated carbocycles. The van der Waals surface area contributed by atoms with E-state index < -0.39 is 0 Å². The maximum absolute atomic E-state index is 11.6. The van der Waals surface area contributed by atoms with Crippen LogP contribution in [0, 0.1) is 5.92 Å². The molecule has 0 amide bonds. The quantitative estimate of drug-likeness (QED) is 0.650. The fraction of sp³-hybridized carbons (Fsp3) is 0.923. The zero-order chi connectivity index (χ0) is 12.6. The Bertz CT molecular complexity index is 192. The number of rotatable bonds is 8. The van der Waals surface area contributed by atoms with Gasteiger partial charge in [0.15, 0.2) is 0 Å². The molecule has 0 heterocycles. The van der Waals surface area contributed by atoms with Gasteiger partial charge in [0.1, 0.15) is 6.04 Å². The predicted molar refractivity (Wildman–Crippen MR) is 67.4 cm³/mol. The second-order valence-corrected chi connectivity index (χ2v) is 4.66. The Labute approximate surface area is 99.9 Å². The van der Waals surface area contributed by atoms with Gasteiger partial charge in [0, 0.05) is 6.04 Å². The molecule has 0 aromatic carbocycles. The normalized spacial score (nSPS) is 14.9. The van der Waals surface area contributed by atoms with Crippen LogP contribution in [0.25, 0.3) is 0 Å². The molecule has 1 N–H and O–H groups in total. The molecule has 0 aliphatic heterocycles. The number of hydrogen-bond donors (Lipinski definition) is 1. The van der Waals surface area contributed by atoms with Gasteiger partial charge in [0.2, 0.25) is 0 Å². The zero-order valence-corrected chi connectivity index (χ0v) is 11.4. The third-order valence-electron chi connectivity index (χ3n) is 2.94. The van der Waals surface area contributed by atoms with Crippen LogP contribution in [0.4, 0.5) is 0 Å². The van der Waals surface area contributed by atoms with E-state index in [-0.39, 0.29) is 17.9 Å². The van der Waals surface area contributed by atoms with Crippen molar-refractivity contribution in [3.8, 4) is 0 Å². The van der Waals surface area contributed by atoms with Crippen LogP contribution in [0.1, 0.15) is 53.4 Å². The number of esters is 1. The Morgan fingerprint density at radius 3 is 2.31 bits per heavy atom. The molecule has 2 atom stereocenters. The highest BCUT2D eigenvalue weighted by atomic mass is 16.5. The molecular weight excluding hydrogens is 202 g/mol. The first-order valence-electron chi connectivity index (χ1n) is 6.40. The first-order valence-corrected chi connectivity index (χ1v) is 6.40. The number of carbonyl (C=O) groups is 1. The predicted octanol–water partition coefficient (Wildman–Crippen LogP) is 2.74. The van der Waals surface area contributed by atoms with E-state index >= 15 is 0 Å². The largest absolute Gasteiger partial charge is 0.468 e. The zero-order valence-electron chi connectivity index (χ0n) is 11.4. The van der Waals surface area contributed by atoms with Crippen LogP contribution in [0.5, 0.6) is 0 Å². The van der Waals surface area contributed by atoms with Crippen LogP contribution in [0.2, 0.25) is 0 Å². The van der Waals surface area contributed by atoms with Gasteiger partial charge < -0.3 is 10.1 Å². The van der Waals surface area contributed by atoms with Gasteiger partial charge in [0.25, 0.3) is 0 Å². The van der Waals surface area contributed by atoms with Crippen LogP contribution >= 0.6 is 0 Å². The molecule has 0 aromatic rings. The fourth-order valence-electron chi connectivity index (χ4n) is 1.77. The maximum Gasteiger partial charge on any atom is 0.323 e. The van der Waals surface area contributed by atoms with Crippen molar-refractivity contribution in [2.75, 3.05) is 7.11 Å². The van der Waals surface area contributed by atoms with Gasteiger partial charge in [-0.1, -0.05) is 40.5 Å². The van der Waals surface area contributed by atoms with E-state index in [4.69, 9.17) is 4.74 Å². The first-order chi connectivity index (χ1) is 7.56. The summed E-state index contributed by atoms with van der Waals surface area (Å²) in [6, 6.07) is 0.248. The molecule has 3 heteroatoms. The Kier molecular flexibility index (Phi) is 8.26. The second-order valence-electron chi connectivity index (χ2n) is 4.66. The molecule has 0 saturated heterocycles. The van der Waals surface area contributed by atoms with Crippen molar-refractivity contribution < 1.29 is 9.53 Å². The molecule has 0 spiro atoms. The van der Waals surface area contributed by atoms with Gasteiger partial charge in [-0.2, -0.15) is 0 Å². The molecule has 0 aliphatic rings. The monoisotopic (exact) mass is 229 g/mol. The minimum Gasteiger partial charge on any atom is -0.468 e. The molecule has 96 valence electrons. The average Bonchev–Trinajstić information content (AvgIpc) is 2.28. The summed E-state index contributed by atoms with van der Waals surface area (Å²) in [6.07, 6.45) is 4.59. The SMILES string of the molecule is CCCCC(CC)NC(C(=O)OC)C(C)C. The summed E-state index contributed by atoms with van der Waals surface area (Å²) in [4.78, 5) is 11.6. The second kappa shape index (κ2) is 8.57. The van der Waals surface area contributed by atoms with E-state index in [1.807, 2.05) is 13.8 Å². The van der Waals surface area contributed by atoms with E-state index in [1.165, 1.54) is 20.0 Å². The summed E-state index contributed by atoms with van der Waals surface area (Å²) in [7, 11) is 1.45. The highest BCUT2D eigenvalue weighted by molar-refractivity contribution is 5.75. The summed E-state index contributed by atoms with van der Waals surface area (Å²) in [5.74, 6) is 0.119. The van der Waals surface area contributed by atoms with E-state index in [2.05, 4.69) is 19.2 Å². The van der Waals surface area contributed by atoms with Gasteiger partial charge in [0.05, 0.1) is 7.11 Å². The van der Waals surface area contributed by atoms with E-state index in [1.54, 1.807) is 0 Å². The molecule has 0 aliphatic carbocycles. The summed E-state index contributed by atoms with van der Waals surface area (Å²) < 4.78 is 4.82. The van der Waals surface area contributed by atoms with E-state index in [0.29, 0.717) is 6.04 Å². The number of carbonyl (C=O) groups excluding carboxylic acids is 1. The third kappa shape index (κ3) is 5.50. The lowest BCUT2D eigenvalue weighted by Crippen LogP contribution is -2.46. The average molecular weight is 229 g/mol. The van der Waals surface area contributed by atoms with Crippen molar-refractivity contribution >= 4 is 5.97 Å². The lowest BCUT2D eigenvalue weighted by atomic mass is 10.0. The van der Waals surface area contributed by atoms with Crippen molar-refractivity contribution in [1.29, 1.82) is 0 Å². The van der Waals surface area contributed by atoms with Crippen LogP contribution in [0.15, 0.2) is 0 Å². The van der Waals surface area contributed by atoms with Crippen molar-refractivity contribution in [2.24, 2.45) is 5.92 Å². The molecule has 0 aromatic heterocycles. The Hall–Kier alpha value is -0.570. The smallest absolute Gasteiger partial charge is 0.323 e. The Morgan fingerprint density at radius 2 is 1.94 bits per heavy atom. The Balaban J connectivity index is 4.29. The first kappa shape index (κ1) is 15.4. The Morgan fingerprint density at radius 1 is 1.31 bits per heavy atom. The minimum absolute atomic E-state index is 0.148. The van der Waals surface area contributed by atoms with Crippen molar-refractivity contribution in [3.05, 3.63) is 0 Å². The van der Waals surface area contributed by atoms with Crippen LogP contribution in [-0.2, 0) is 9.53 Å². The van der Waals surface area contributed by atoms with Gasteiger partial charge in [-0.15, -0.1) is 0 Å². The third-order valence-corrected chi connectivity index (χ3v) is 2.94. The van der Waals surface area contributed by atoms with Crippen LogP contribution < -0.4 is 5.32 Å². The molecule has 0 fully saturated rings. The number of nitrogens with one attached hydrogen (secondary N) is 1. The summed E-state index contributed by atoms with van der Waals surface area (Å²) in [5, 5.41) is 3.41. The van der Waals surface area contributed by atoms with E-state index in [9.17, 15) is 4.79 Å². The van der Waals surface area contributed by atoms with Gasteiger partial charge in [-0.3, -0.25) is 4.79 Å². The molecule has 0 radical (unpaired) electrons. The maximum atomic E-state index is 11.6. The molecule has 2 unspecified atom stereocenters. The summed E-state index contributed by atoms with van der Waals surface area (Å²) in [5.41, 5.74) is 0. The molecule has 0 rings (SSSR count). The molecular formula is C13H27NO2. The lowest BCUT2D eigenvalue weighted by molar-refractivity contribution is -0.144. The lowest BCUT2D eigenvalue weighted by Gasteiger charge is -2.25. The topological polar surface area (TPSA) is 38.3 Å². The fourth-order valence-corrected chi connectivity index (χ4v) is 1.77. The number of hydrogen-bond acceptors (Lipinski definition) is 3. The van der Waals surface area contributed by atoms with Gasteiger partial charge >= 0.3 is 5.97 Å². The van der Waals surface area contributed by atoms with Crippen molar-refractivity contribution in [2.45, 2.75) is 65.5 Å². The van der Waals surface area contributed by atoms with Crippen LogP contribution in [-0.4, -0.2) is 25.2 Å². The highest BCUT2D eigenvalue weighted by Crippen LogP contribution is 2.10. The number of ether oxygens (including phenoxy) is 1. The molecule has 0 bridgehead atoms. The van der Waals surface area contributed by atoms with Crippen LogP contribution in [0.3, 0.4) is 0 Å². The molecule has 16 heavy (non-hydrogen) atoms.